The van der Waals surface area contributed by atoms with Gasteiger partial charge in [0.15, 0.2) is 0 Å². The molecule has 0 aliphatic heterocycles. The van der Waals surface area contributed by atoms with Gasteiger partial charge in [-0.2, -0.15) is 0 Å². The van der Waals surface area contributed by atoms with Gasteiger partial charge in [-0.15, -0.1) is 0 Å². The molecule has 1 unspecified atom stereocenters. The van der Waals surface area contributed by atoms with Crippen LogP contribution in [0.4, 0.5) is 16.2 Å². The SMILES string of the molecule is CC(=O)Nc1ccc(NC(=O)NC(C)C(C)C)cc1C. The van der Waals surface area contributed by atoms with Crippen molar-refractivity contribution in [3.05, 3.63) is 23.8 Å². The summed E-state index contributed by atoms with van der Waals surface area (Å²) in [5.41, 5.74) is 2.35. The van der Waals surface area contributed by atoms with Crippen LogP contribution in [0.5, 0.6) is 0 Å². The Hall–Kier alpha value is -2.04. The highest BCUT2D eigenvalue weighted by molar-refractivity contribution is 5.92. The molecule has 0 fully saturated rings. The van der Waals surface area contributed by atoms with Gasteiger partial charge in [-0.25, -0.2) is 4.79 Å². The Bertz CT molecular complexity index is 498. The number of nitrogens with one attached hydrogen (secondary N) is 3. The van der Waals surface area contributed by atoms with Gasteiger partial charge in [0.05, 0.1) is 0 Å². The van der Waals surface area contributed by atoms with E-state index in [9.17, 15) is 9.59 Å². The summed E-state index contributed by atoms with van der Waals surface area (Å²) in [6.07, 6.45) is 0. The van der Waals surface area contributed by atoms with Gasteiger partial charge in [-0.05, 0) is 43.5 Å². The Balaban J connectivity index is 2.67. The second-order valence-electron chi connectivity index (χ2n) is 5.34. The number of rotatable bonds is 4. The zero-order valence-corrected chi connectivity index (χ0v) is 12.7. The average molecular weight is 277 g/mol. The van der Waals surface area contributed by atoms with E-state index in [2.05, 4.69) is 29.8 Å². The molecule has 1 aromatic carbocycles. The molecule has 5 nitrogen and oxygen atoms in total. The molecule has 3 N–H and O–H groups in total. The quantitative estimate of drug-likeness (QED) is 0.791. The molecule has 5 heteroatoms. The number of hydrogen-bond acceptors (Lipinski definition) is 2. The number of amides is 3. The zero-order chi connectivity index (χ0) is 15.3. The van der Waals surface area contributed by atoms with Crippen molar-refractivity contribution in [3.63, 3.8) is 0 Å². The normalized spacial score (nSPS) is 11.9. The lowest BCUT2D eigenvalue weighted by Crippen LogP contribution is -2.39. The van der Waals surface area contributed by atoms with Gasteiger partial charge >= 0.3 is 6.03 Å². The minimum absolute atomic E-state index is 0.106. The molecule has 1 aromatic rings. The van der Waals surface area contributed by atoms with Crippen LogP contribution in [0.1, 0.15) is 33.3 Å². The number of carbonyl (C=O) groups excluding carboxylic acids is 2. The molecule has 110 valence electrons. The van der Waals surface area contributed by atoms with Crippen LogP contribution >= 0.6 is 0 Å². The zero-order valence-electron chi connectivity index (χ0n) is 12.7. The molecular weight excluding hydrogens is 254 g/mol. The lowest BCUT2D eigenvalue weighted by molar-refractivity contribution is -0.114. The van der Waals surface area contributed by atoms with E-state index in [0.717, 1.165) is 11.3 Å². The molecule has 0 bridgehead atoms. The van der Waals surface area contributed by atoms with Gasteiger partial charge < -0.3 is 16.0 Å². The molecule has 1 atom stereocenters. The summed E-state index contributed by atoms with van der Waals surface area (Å²) in [6, 6.07) is 5.24. The van der Waals surface area contributed by atoms with Crippen LogP contribution in [-0.4, -0.2) is 18.0 Å². The van der Waals surface area contributed by atoms with Gasteiger partial charge in [0, 0.05) is 24.3 Å². The molecule has 0 aromatic heterocycles. The summed E-state index contributed by atoms with van der Waals surface area (Å²) >= 11 is 0. The van der Waals surface area contributed by atoms with Crippen LogP contribution in [-0.2, 0) is 4.79 Å². The third-order valence-corrected chi connectivity index (χ3v) is 3.15. The van der Waals surface area contributed by atoms with Gasteiger partial charge in [0.2, 0.25) is 5.91 Å². The van der Waals surface area contributed by atoms with E-state index in [1.54, 1.807) is 12.1 Å². The van der Waals surface area contributed by atoms with E-state index in [1.165, 1.54) is 6.92 Å². The molecule has 0 saturated carbocycles. The van der Waals surface area contributed by atoms with E-state index in [4.69, 9.17) is 0 Å². The molecule has 3 amide bonds. The first-order chi connectivity index (χ1) is 9.29. The molecule has 0 aliphatic rings. The first-order valence-electron chi connectivity index (χ1n) is 6.75. The topological polar surface area (TPSA) is 70.2 Å². The maximum Gasteiger partial charge on any atom is 0.319 e. The maximum atomic E-state index is 11.8. The van der Waals surface area contributed by atoms with E-state index in [1.807, 2.05) is 19.9 Å². The van der Waals surface area contributed by atoms with Gasteiger partial charge in [-0.3, -0.25) is 4.79 Å². The second kappa shape index (κ2) is 6.93. The number of carbonyl (C=O) groups is 2. The van der Waals surface area contributed by atoms with Crippen LogP contribution < -0.4 is 16.0 Å². The van der Waals surface area contributed by atoms with Crippen LogP contribution in [0.25, 0.3) is 0 Å². The monoisotopic (exact) mass is 277 g/mol. The van der Waals surface area contributed by atoms with Crippen molar-refractivity contribution < 1.29 is 9.59 Å². The molecule has 0 heterocycles. The van der Waals surface area contributed by atoms with Crippen molar-refractivity contribution in [2.24, 2.45) is 5.92 Å². The van der Waals surface area contributed by atoms with Gasteiger partial charge in [0.1, 0.15) is 0 Å². The van der Waals surface area contributed by atoms with Crippen LogP contribution in [0, 0.1) is 12.8 Å². The average Bonchev–Trinajstić information content (AvgIpc) is 2.31. The first-order valence-corrected chi connectivity index (χ1v) is 6.75. The number of hydrogen-bond donors (Lipinski definition) is 3. The van der Waals surface area contributed by atoms with Gasteiger partial charge in [0.25, 0.3) is 0 Å². The van der Waals surface area contributed by atoms with Crippen molar-refractivity contribution >= 4 is 23.3 Å². The van der Waals surface area contributed by atoms with E-state index in [0.29, 0.717) is 11.6 Å². The van der Waals surface area contributed by atoms with Crippen molar-refractivity contribution in [2.45, 2.75) is 40.7 Å². The Labute approximate surface area is 120 Å². The van der Waals surface area contributed by atoms with E-state index < -0.39 is 0 Å². The largest absolute Gasteiger partial charge is 0.335 e. The van der Waals surface area contributed by atoms with Crippen molar-refractivity contribution in [3.8, 4) is 0 Å². The predicted octanol–water partition coefficient (Wildman–Crippen LogP) is 3.12. The molecule has 0 saturated heterocycles. The molecule has 20 heavy (non-hydrogen) atoms. The minimum atomic E-state index is -0.224. The van der Waals surface area contributed by atoms with Gasteiger partial charge in [-0.1, -0.05) is 13.8 Å². The van der Waals surface area contributed by atoms with Crippen LogP contribution in [0.3, 0.4) is 0 Å². The second-order valence-corrected chi connectivity index (χ2v) is 5.34. The summed E-state index contributed by atoms with van der Waals surface area (Å²) in [5, 5.41) is 8.39. The van der Waals surface area contributed by atoms with Crippen molar-refractivity contribution in [2.75, 3.05) is 10.6 Å². The fraction of sp³-hybridized carbons (Fsp3) is 0.467. The molecule has 0 radical (unpaired) electrons. The first kappa shape index (κ1) is 16.0. The summed E-state index contributed by atoms with van der Waals surface area (Å²) in [4.78, 5) is 22.8. The number of benzene rings is 1. The molecular formula is C15H23N3O2. The standard InChI is InChI=1S/C15H23N3O2/c1-9(2)11(4)16-15(20)18-13-6-7-14(10(3)8-13)17-12(5)19/h6-9,11H,1-5H3,(H,17,19)(H2,16,18,20). The highest BCUT2D eigenvalue weighted by atomic mass is 16.2. The summed E-state index contributed by atoms with van der Waals surface area (Å²) < 4.78 is 0. The van der Waals surface area contributed by atoms with E-state index >= 15 is 0 Å². The highest BCUT2D eigenvalue weighted by Crippen LogP contribution is 2.19. The number of urea groups is 1. The minimum Gasteiger partial charge on any atom is -0.335 e. The fourth-order valence-electron chi connectivity index (χ4n) is 1.61. The summed E-state index contributed by atoms with van der Waals surface area (Å²) in [5.74, 6) is 0.266. The van der Waals surface area contributed by atoms with Crippen molar-refractivity contribution in [1.82, 2.24) is 5.32 Å². The third kappa shape index (κ3) is 4.91. The Kier molecular flexibility index (Phi) is 5.55. The number of aryl methyl sites for hydroxylation is 1. The lowest BCUT2D eigenvalue weighted by Gasteiger charge is -2.18. The third-order valence-electron chi connectivity index (χ3n) is 3.15. The summed E-state index contributed by atoms with van der Waals surface area (Å²) in [7, 11) is 0. The predicted molar refractivity (Wildman–Crippen MR) is 81.9 cm³/mol. The van der Waals surface area contributed by atoms with Crippen LogP contribution in [0.15, 0.2) is 18.2 Å². The van der Waals surface area contributed by atoms with E-state index in [-0.39, 0.29) is 18.0 Å². The lowest BCUT2D eigenvalue weighted by atomic mass is 10.1. The maximum absolute atomic E-state index is 11.8. The molecule has 0 aliphatic carbocycles. The highest BCUT2D eigenvalue weighted by Gasteiger charge is 2.11. The molecule has 0 spiro atoms. The molecule has 1 rings (SSSR count). The Morgan fingerprint density at radius 3 is 2.25 bits per heavy atom. The summed E-state index contributed by atoms with van der Waals surface area (Å²) in [6.45, 7) is 9.42. The van der Waals surface area contributed by atoms with Crippen LogP contribution in [0.2, 0.25) is 0 Å². The van der Waals surface area contributed by atoms with Crippen molar-refractivity contribution in [1.29, 1.82) is 0 Å². The number of anilines is 2. The fourth-order valence-corrected chi connectivity index (χ4v) is 1.61. The Morgan fingerprint density at radius 2 is 1.75 bits per heavy atom. The smallest absolute Gasteiger partial charge is 0.319 e. The Morgan fingerprint density at radius 1 is 1.10 bits per heavy atom.